The standard InChI is InChI=1S/C12H14N4O3S3/c1-3-10(17)13-11-14-15-12(21-11)22(18,19)16-8-5-4-6-9(7-8)20-2/h4-7,16H,3H2,1-2H3,(H,13,14,17). The second-order valence-corrected chi connectivity index (χ2v) is 7.83. The molecule has 10 heteroatoms. The molecule has 0 radical (unpaired) electrons. The van der Waals surface area contributed by atoms with Gasteiger partial charge in [-0.1, -0.05) is 24.3 Å². The highest BCUT2D eigenvalue weighted by atomic mass is 32.2. The first-order valence-corrected chi connectivity index (χ1v) is 9.77. The van der Waals surface area contributed by atoms with Gasteiger partial charge in [0.15, 0.2) is 0 Å². The molecule has 2 rings (SSSR count). The topological polar surface area (TPSA) is 101 Å². The molecule has 0 aliphatic rings. The Kier molecular flexibility index (Phi) is 5.37. The number of amides is 1. The lowest BCUT2D eigenvalue weighted by atomic mass is 10.3. The number of rotatable bonds is 6. The van der Waals surface area contributed by atoms with Gasteiger partial charge in [0, 0.05) is 11.3 Å². The summed E-state index contributed by atoms with van der Waals surface area (Å²) in [7, 11) is -3.83. The van der Waals surface area contributed by atoms with Crippen molar-refractivity contribution in [2.45, 2.75) is 22.6 Å². The number of carbonyl (C=O) groups is 1. The van der Waals surface area contributed by atoms with E-state index < -0.39 is 10.0 Å². The number of anilines is 2. The van der Waals surface area contributed by atoms with E-state index in [1.165, 1.54) is 11.8 Å². The number of carbonyl (C=O) groups excluding carboxylic acids is 1. The van der Waals surface area contributed by atoms with Crippen LogP contribution >= 0.6 is 23.1 Å². The van der Waals surface area contributed by atoms with Gasteiger partial charge in [-0.05, 0) is 24.5 Å². The van der Waals surface area contributed by atoms with Crippen LogP contribution in [0, 0.1) is 0 Å². The predicted octanol–water partition coefficient (Wildman–Crippen LogP) is 2.41. The lowest BCUT2D eigenvalue weighted by Crippen LogP contribution is -2.12. The third-order valence-corrected chi connectivity index (χ3v) is 5.84. The number of hydrogen-bond donors (Lipinski definition) is 2. The molecule has 0 fully saturated rings. The fourth-order valence-corrected chi connectivity index (χ4v) is 3.89. The highest BCUT2D eigenvalue weighted by Crippen LogP contribution is 2.24. The molecule has 0 saturated carbocycles. The number of thioether (sulfide) groups is 1. The van der Waals surface area contributed by atoms with E-state index >= 15 is 0 Å². The van der Waals surface area contributed by atoms with Crippen molar-refractivity contribution in [3.05, 3.63) is 24.3 Å². The molecule has 2 N–H and O–H groups in total. The van der Waals surface area contributed by atoms with Gasteiger partial charge >= 0.3 is 0 Å². The number of nitrogens with zero attached hydrogens (tertiary/aromatic N) is 2. The summed E-state index contributed by atoms with van der Waals surface area (Å²) in [6, 6.07) is 7.02. The van der Waals surface area contributed by atoms with E-state index in [-0.39, 0.29) is 21.8 Å². The monoisotopic (exact) mass is 358 g/mol. The second-order valence-electron chi connectivity index (χ2n) is 4.11. The summed E-state index contributed by atoms with van der Waals surface area (Å²) in [5.41, 5.74) is 0.446. The van der Waals surface area contributed by atoms with Crippen LogP contribution in [0.3, 0.4) is 0 Å². The molecule has 2 aromatic rings. The van der Waals surface area contributed by atoms with E-state index in [2.05, 4.69) is 20.2 Å². The van der Waals surface area contributed by atoms with Crippen molar-refractivity contribution in [2.24, 2.45) is 0 Å². The smallest absolute Gasteiger partial charge is 0.291 e. The molecule has 0 spiro atoms. The molecular weight excluding hydrogens is 344 g/mol. The average Bonchev–Trinajstić information content (AvgIpc) is 2.96. The first kappa shape index (κ1) is 16.7. The Labute approximate surface area is 136 Å². The molecule has 0 atom stereocenters. The van der Waals surface area contributed by atoms with Crippen molar-refractivity contribution in [2.75, 3.05) is 16.3 Å². The Hall–Kier alpha value is -1.65. The number of hydrogen-bond acceptors (Lipinski definition) is 7. The number of aromatic nitrogens is 2. The van der Waals surface area contributed by atoms with Crippen molar-refractivity contribution >= 4 is 49.8 Å². The molecule has 1 amide bonds. The molecule has 7 nitrogen and oxygen atoms in total. The molecule has 0 bridgehead atoms. The first-order valence-electron chi connectivity index (χ1n) is 6.25. The first-order chi connectivity index (χ1) is 10.4. The van der Waals surface area contributed by atoms with Gasteiger partial charge < -0.3 is 5.32 Å². The molecule has 0 saturated heterocycles. The van der Waals surface area contributed by atoms with Gasteiger partial charge in [-0.3, -0.25) is 9.52 Å². The van der Waals surface area contributed by atoms with Crippen LogP contribution < -0.4 is 10.0 Å². The van der Waals surface area contributed by atoms with Crippen LogP contribution in [0.1, 0.15) is 13.3 Å². The third kappa shape index (κ3) is 4.18. The van der Waals surface area contributed by atoms with Gasteiger partial charge in [0.05, 0.1) is 5.69 Å². The van der Waals surface area contributed by atoms with Crippen LogP contribution in [0.15, 0.2) is 33.5 Å². The van der Waals surface area contributed by atoms with Gasteiger partial charge in [0.1, 0.15) is 0 Å². The fourth-order valence-electron chi connectivity index (χ4n) is 1.46. The second kappa shape index (κ2) is 7.07. The summed E-state index contributed by atoms with van der Waals surface area (Å²) in [6.07, 6.45) is 2.18. The van der Waals surface area contributed by atoms with Gasteiger partial charge in [0.25, 0.3) is 14.4 Å². The third-order valence-electron chi connectivity index (χ3n) is 2.53. The zero-order valence-electron chi connectivity index (χ0n) is 11.9. The quantitative estimate of drug-likeness (QED) is 0.607. The van der Waals surface area contributed by atoms with Crippen molar-refractivity contribution in [3.63, 3.8) is 0 Å². The molecule has 1 heterocycles. The molecule has 0 aliphatic carbocycles. The van der Waals surface area contributed by atoms with E-state index in [0.717, 1.165) is 16.2 Å². The van der Waals surface area contributed by atoms with E-state index in [4.69, 9.17) is 0 Å². The minimum Gasteiger partial charge on any atom is -0.301 e. The Morgan fingerprint density at radius 1 is 1.36 bits per heavy atom. The van der Waals surface area contributed by atoms with Gasteiger partial charge in [-0.25, -0.2) is 0 Å². The van der Waals surface area contributed by atoms with Crippen molar-refractivity contribution < 1.29 is 13.2 Å². The highest BCUT2D eigenvalue weighted by Gasteiger charge is 2.21. The molecule has 1 aromatic carbocycles. The van der Waals surface area contributed by atoms with E-state index in [0.29, 0.717) is 5.69 Å². The maximum Gasteiger partial charge on any atom is 0.291 e. The van der Waals surface area contributed by atoms with Crippen LogP contribution in [0.25, 0.3) is 0 Å². The van der Waals surface area contributed by atoms with E-state index in [1.807, 2.05) is 12.3 Å². The van der Waals surface area contributed by atoms with Crippen LogP contribution in [0.2, 0.25) is 0 Å². The van der Waals surface area contributed by atoms with Crippen molar-refractivity contribution in [3.8, 4) is 0 Å². The summed E-state index contributed by atoms with van der Waals surface area (Å²) in [6.45, 7) is 1.69. The normalized spacial score (nSPS) is 11.2. The van der Waals surface area contributed by atoms with Crippen LogP contribution in [-0.4, -0.2) is 30.8 Å². The minimum atomic E-state index is -3.83. The van der Waals surface area contributed by atoms with Crippen molar-refractivity contribution in [1.29, 1.82) is 0 Å². The molecule has 0 aliphatic heterocycles. The molecule has 1 aromatic heterocycles. The average molecular weight is 358 g/mol. The molecule has 0 unspecified atom stereocenters. The van der Waals surface area contributed by atoms with Gasteiger partial charge in [-0.15, -0.1) is 22.0 Å². The van der Waals surface area contributed by atoms with Gasteiger partial charge in [0.2, 0.25) is 11.0 Å². The summed E-state index contributed by atoms with van der Waals surface area (Å²) in [5.74, 6) is -0.249. The summed E-state index contributed by atoms with van der Waals surface area (Å²) in [4.78, 5) is 12.2. The Bertz CT molecular complexity index is 773. The number of benzene rings is 1. The van der Waals surface area contributed by atoms with E-state index in [1.54, 1.807) is 25.1 Å². The highest BCUT2D eigenvalue weighted by molar-refractivity contribution is 7.98. The summed E-state index contributed by atoms with van der Waals surface area (Å²) >= 11 is 2.31. The number of nitrogens with one attached hydrogen (secondary N) is 2. The van der Waals surface area contributed by atoms with Crippen LogP contribution in [-0.2, 0) is 14.8 Å². The Balaban J connectivity index is 2.18. The minimum absolute atomic E-state index is 0.157. The predicted molar refractivity (Wildman–Crippen MR) is 87.9 cm³/mol. The van der Waals surface area contributed by atoms with Gasteiger partial charge in [-0.2, -0.15) is 8.42 Å². The lowest BCUT2D eigenvalue weighted by molar-refractivity contribution is -0.115. The molecule has 118 valence electrons. The van der Waals surface area contributed by atoms with Crippen LogP contribution in [0.5, 0.6) is 0 Å². The summed E-state index contributed by atoms with van der Waals surface area (Å²) in [5, 5.41) is 9.91. The largest absolute Gasteiger partial charge is 0.301 e. The van der Waals surface area contributed by atoms with E-state index in [9.17, 15) is 13.2 Å². The maximum atomic E-state index is 12.2. The fraction of sp³-hybridized carbons (Fsp3) is 0.250. The maximum absolute atomic E-state index is 12.2. The molecular formula is C12H14N4O3S3. The Morgan fingerprint density at radius 3 is 2.82 bits per heavy atom. The molecule has 22 heavy (non-hydrogen) atoms. The van der Waals surface area contributed by atoms with Crippen LogP contribution in [0.4, 0.5) is 10.8 Å². The lowest BCUT2D eigenvalue weighted by Gasteiger charge is -2.06. The van der Waals surface area contributed by atoms with Crippen molar-refractivity contribution in [1.82, 2.24) is 10.2 Å². The SMILES string of the molecule is CCC(=O)Nc1nnc(S(=O)(=O)Nc2cccc(SC)c2)s1. The summed E-state index contributed by atoms with van der Waals surface area (Å²) < 4.78 is 26.7. The Morgan fingerprint density at radius 2 is 2.14 bits per heavy atom. The zero-order chi connectivity index (χ0) is 16.2. The zero-order valence-corrected chi connectivity index (χ0v) is 14.3. The number of sulfonamides is 1.